The fourth-order valence-electron chi connectivity index (χ4n) is 1.95. The number of rotatable bonds is 3. The number of nitrogens with one attached hydrogen (secondary N) is 2. The molecule has 1 aliphatic rings. The molecule has 2 N–H and O–H groups in total. The summed E-state index contributed by atoms with van der Waals surface area (Å²) in [5.41, 5.74) is 0.711. The molecule has 1 atom stereocenters. The molecule has 1 saturated heterocycles. The average molecular weight is 223 g/mol. The molecule has 1 amide bonds. The van der Waals surface area contributed by atoms with Crippen molar-refractivity contribution in [1.82, 2.24) is 15.2 Å². The summed E-state index contributed by atoms with van der Waals surface area (Å²) in [7, 11) is 1.88. The Bertz CT molecular complexity index is 335. The molecule has 5 nitrogen and oxygen atoms in total. The second kappa shape index (κ2) is 5.14. The molecule has 0 saturated carbocycles. The van der Waals surface area contributed by atoms with E-state index in [-0.39, 0.29) is 11.9 Å². The molecule has 0 radical (unpaired) electrons. The van der Waals surface area contributed by atoms with Crippen molar-refractivity contribution in [3.8, 4) is 0 Å². The number of hydrogen-bond acceptors (Lipinski definition) is 3. The third kappa shape index (κ3) is 2.25. The van der Waals surface area contributed by atoms with Crippen molar-refractivity contribution in [2.24, 2.45) is 0 Å². The van der Waals surface area contributed by atoms with Crippen LogP contribution in [-0.2, 0) is 4.74 Å². The Morgan fingerprint density at radius 1 is 1.75 bits per heavy atom. The maximum absolute atomic E-state index is 12.2. The molecule has 0 spiro atoms. The van der Waals surface area contributed by atoms with Gasteiger partial charge in [0.1, 0.15) is 0 Å². The Hall–Kier alpha value is -1.33. The molecule has 1 aliphatic heterocycles. The average Bonchev–Trinajstić information content (AvgIpc) is 2.83. The van der Waals surface area contributed by atoms with Gasteiger partial charge in [-0.3, -0.25) is 4.79 Å². The van der Waals surface area contributed by atoms with Crippen LogP contribution in [0.3, 0.4) is 0 Å². The molecule has 0 aliphatic carbocycles. The number of carbonyl (C=O) groups is 1. The van der Waals surface area contributed by atoms with E-state index >= 15 is 0 Å². The molecule has 1 unspecified atom stereocenters. The van der Waals surface area contributed by atoms with Gasteiger partial charge < -0.3 is 19.9 Å². The minimum Gasteiger partial charge on any atom is -0.377 e. The molecule has 1 aromatic heterocycles. The summed E-state index contributed by atoms with van der Waals surface area (Å²) < 4.78 is 5.39. The molecule has 2 heterocycles. The van der Waals surface area contributed by atoms with E-state index in [0.29, 0.717) is 25.3 Å². The zero-order valence-electron chi connectivity index (χ0n) is 9.40. The number of ether oxygens (including phenoxy) is 1. The van der Waals surface area contributed by atoms with Crippen LogP contribution < -0.4 is 5.32 Å². The highest BCUT2D eigenvalue weighted by atomic mass is 16.5. The third-order valence-corrected chi connectivity index (χ3v) is 2.77. The van der Waals surface area contributed by atoms with Crippen LogP contribution in [0.25, 0.3) is 0 Å². The Morgan fingerprint density at radius 3 is 3.31 bits per heavy atom. The number of aromatic amines is 1. The van der Waals surface area contributed by atoms with E-state index in [2.05, 4.69) is 10.3 Å². The molecule has 16 heavy (non-hydrogen) atoms. The van der Waals surface area contributed by atoms with Crippen LogP contribution in [0.1, 0.15) is 10.4 Å². The van der Waals surface area contributed by atoms with Crippen molar-refractivity contribution in [3.05, 3.63) is 24.0 Å². The third-order valence-electron chi connectivity index (χ3n) is 2.77. The summed E-state index contributed by atoms with van der Waals surface area (Å²) in [6.07, 6.45) is 3.50. The van der Waals surface area contributed by atoms with Gasteiger partial charge in [0.05, 0.1) is 24.8 Å². The van der Waals surface area contributed by atoms with Crippen LogP contribution >= 0.6 is 0 Å². The first-order chi connectivity index (χ1) is 7.83. The summed E-state index contributed by atoms with van der Waals surface area (Å²) in [6, 6.07) is 1.93. The molecule has 0 aromatic carbocycles. The lowest BCUT2D eigenvalue weighted by molar-refractivity contribution is -0.000964. The molecule has 5 heteroatoms. The Balaban J connectivity index is 2.08. The standard InChI is InChI=1S/C11H17N3O2/c1-12-7-10-8-16-5-4-14(10)11(15)9-2-3-13-6-9/h2-3,6,10,12-13H,4-5,7-8H2,1H3. The molecule has 2 rings (SSSR count). The summed E-state index contributed by atoms with van der Waals surface area (Å²) >= 11 is 0. The van der Waals surface area contributed by atoms with E-state index in [1.165, 1.54) is 0 Å². The minimum absolute atomic E-state index is 0.0739. The topological polar surface area (TPSA) is 57.4 Å². The summed E-state index contributed by atoms with van der Waals surface area (Å²) in [5.74, 6) is 0.0739. The van der Waals surface area contributed by atoms with Crippen molar-refractivity contribution in [3.63, 3.8) is 0 Å². The van der Waals surface area contributed by atoms with Gasteiger partial charge in [0.25, 0.3) is 5.91 Å². The molecule has 88 valence electrons. The first-order valence-corrected chi connectivity index (χ1v) is 5.49. The first-order valence-electron chi connectivity index (χ1n) is 5.49. The second-order valence-electron chi connectivity index (χ2n) is 3.88. The highest BCUT2D eigenvalue weighted by Crippen LogP contribution is 2.11. The number of aromatic nitrogens is 1. The molecular weight excluding hydrogens is 206 g/mol. The van der Waals surface area contributed by atoms with Gasteiger partial charge >= 0.3 is 0 Å². The van der Waals surface area contributed by atoms with Gasteiger partial charge in [-0.1, -0.05) is 0 Å². The van der Waals surface area contributed by atoms with E-state index < -0.39 is 0 Å². The quantitative estimate of drug-likeness (QED) is 0.762. The highest BCUT2D eigenvalue weighted by molar-refractivity contribution is 5.94. The van der Waals surface area contributed by atoms with Gasteiger partial charge in [0.15, 0.2) is 0 Å². The van der Waals surface area contributed by atoms with Gasteiger partial charge in [-0.15, -0.1) is 0 Å². The smallest absolute Gasteiger partial charge is 0.255 e. The Labute approximate surface area is 94.8 Å². The predicted molar refractivity (Wildman–Crippen MR) is 60.4 cm³/mol. The lowest BCUT2D eigenvalue weighted by atomic mass is 10.2. The van der Waals surface area contributed by atoms with Crippen LogP contribution in [0.2, 0.25) is 0 Å². The Kier molecular flexibility index (Phi) is 3.58. The number of hydrogen-bond donors (Lipinski definition) is 2. The molecule has 1 fully saturated rings. The molecule has 1 aromatic rings. The fourth-order valence-corrected chi connectivity index (χ4v) is 1.95. The first kappa shape index (κ1) is 11.2. The number of carbonyl (C=O) groups excluding carboxylic acids is 1. The van der Waals surface area contributed by atoms with Crippen molar-refractivity contribution >= 4 is 5.91 Å². The molecular formula is C11H17N3O2. The van der Waals surface area contributed by atoms with E-state index in [4.69, 9.17) is 4.74 Å². The monoisotopic (exact) mass is 223 g/mol. The van der Waals surface area contributed by atoms with Crippen molar-refractivity contribution in [2.45, 2.75) is 6.04 Å². The van der Waals surface area contributed by atoms with Gasteiger partial charge in [0.2, 0.25) is 0 Å². The van der Waals surface area contributed by atoms with Crippen LogP contribution in [-0.4, -0.2) is 55.2 Å². The van der Waals surface area contributed by atoms with Gasteiger partial charge in [-0.25, -0.2) is 0 Å². The number of likely N-dealkylation sites (N-methyl/N-ethyl adjacent to an activating group) is 1. The number of morpholine rings is 1. The van der Waals surface area contributed by atoms with E-state index in [1.54, 1.807) is 18.5 Å². The minimum atomic E-state index is 0.0739. The van der Waals surface area contributed by atoms with Gasteiger partial charge in [-0.2, -0.15) is 0 Å². The molecule has 0 bridgehead atoms. The van der Waals surface area contributed by atoms with E-state index in [0.717, 1.165) is 6.54 Å². The summed E-state index contributed by atoms with van der Waals surface area (Å²) in [5, 5.41) is 3.09. The largest absolute Gasteiger partial charge is 0.377 e. The van der Waals surface area contributed by atoms with Gasteiger partial charge in [0, 0.05) is 25.5 Å². The fraction of sp³-hybridized carbons (Fsp3) is 0.545. The SMILES string of the molecule is CNCC1COCCN1C(=O)c1cc[nH]c1. The number of H-pyrrole nitrogens is 1. The predicted octanol–water partition coefficient (Wildman–Crippen LogP) is 0.0751. The van der Waals surface area contributed by atoms with Crippen LogP contribution in [0.5, 0.6) is 0 Å². The van der Waals surface area contributed by atoms with Crippen LogP contribution in [0, 0.1) is 0 Å². The van der Waals surface area contributed by atoms with Crippen LogP contribution in [0.15, 0.2) is 18.5 Å². The zero-order chi connectivity index (χ0) is 11.4. The zero-order valence-corrected chi connectivity index (χ0v) is 9.40. The van der Waals surface area contributed by atoms with Crippen molar-refractivity contribution < 1.29 is 9.53 Å². The Morgan fingerprint density at radius 2 is 2.62 bits per heavy atom. The highest BCUT2D eigenvalue weighted by Gasteiger charge is 2.27. The number of amides is 1. The normalized spacial score (nSPS) is 21.1. The number of nitrogens with zero attached hydrogens (tertiary/aromatic N) is 1. The van der Waals surface area contributed by atoms with Crippen LogP contribution in [0.4, 0.5) is 0 Å². The lowest BCUT2D eigenvalue weighted by Crippen LogP contribution is -2.52. The van der Waals surface area contributed by atoms with Crippen molar-refractivity contribution in [2.75, 3.05) is 33.4 Å². The maximum atomic E-state index is 12.2. The summed E-state index contributed by atoms with van der Waals surface area (Å²) in [6.45, 7) is 2.65. The van der Waals surface area contributed by atoms with E-state index in [9.17, 15) is 4.79 Å². The van der Waals surface area contributed by atoms with Gasteiger partial charge in [-0.05, 0) is 13.1 Å². The van der Waals surface area contributed by atoms with Crippen molar-refractivity contribution in [1.29, 1.82) is 0 Å². The van der Waals surface area contributed by atoms with E-state index in [1.807, 2.05) is 11.9 Å². The lowest BCUT2D eigenvalue weighted by Gasteiger charge is -2.35. The maximum Gasteiger partial charge on any atom is 0.255 e. The summed E-state index contributed by atoms with van der Waals surface area (Å²) in [4.78, 5) is 16.9. The second-order valence-corrected chi connectivity index (χ2v) is 3.88.